The van der Waals surface area contributed by atoms with Gasteiger partial charge in [0.1, 0.15) is 4.83 Å². The number of aromatic nitrogens is 4. The Labute approximate surface area is 197 Å². The average Bonchev–Trinajstić information content (AvgIpc) is 3.44. The van der Waals surface area contributed by atoms with Crippen molar-refractivity contribution in [3.63, 3.8) is 0 Å². The van der Waals surface area contributed by atoms with Gasteiger partial charge in [0.05, 0.1) is 21.6 Å². The highest BCUT2D eigenvalue weighted by Crippen LogP contribution is 2.30. The summed E-state index contributed by atoms with van der Waals surface area (Å²) >= 11 is 1.28. The quantitative estimate of drug-likeness (QED) is 0.390. The summed E-state index contributed by atoms with van der Waals surface area (Å²) < 4.78 is 3.03. The van der Waals surface area contributed by atoms with E-state index in [0.29, 0.717) is 22.2 Å². The molecule has 2 amide bonds. The Hall–Kier alpha value is -4.31. The second-order valence-corrected chi connectivity index (χ2v) is 8.62. The molecule has 2 N–H and O–H groups in total. The maximum Gasteiger partial charge on any atom is 0.290 e. The predicted molar refractivity (Wildman–Crippen MR) is 130 cm³/mol. The lowest BCUT2D eigenvalue weighted by atomic mass is 10.1. The lowest BCUT2D eigenvalue weighted by Crippen LogP contribution is -2.42. The predicted octanol–water partition coefficient (Wildman–Crippen LogP) is 3.20. The number of fused-ring (bicyclic) bond motifs is 2. The minimum absolute atomic E-state index is 0.0595. The summed E-state index contributed by atoms with van der Waals surface area (Å²) in [4.78, 5) is 39.5. The summed E-state index contributed by atoms with van der Waals surface area (Å²) in [5, 5.41) is 10.4. The van der Waals surface area contributed by atoms with E-state index < -0.39 is 11.8 Å². The maximum absolute atomic E-state index is 12.9. The van der Waals surface area contributed by atoms with Gasteiger partial charge in [0.15, 0.2) is 5.69 Å². The molecule has 0 spiro atoms. The van der Waals surface area contributed by atoms with E-state index in [-0.39, 0.29) is 11.3 Å². The Bertz CT molecular complexity index is 1620. The molecule has 3 aromatic heterocycles. The average molecular weight is 473 g/mol. The molecule has 0 saturated heterocycles. The third kappa shape index (κ3) is 3.63. The molecule has 0 aliphatic heterocycles. The molecular formula is C24H20N6O3S. The molecule has 0 unspecified atom stereocenters. The van der Waals surface area contributed by atoms with Crippen LogP contribution in [0, 0.1) is 6.92 Å². The second kappa shape index (κ2) is 8.56. The summed E-state index contributed by atoms with van der Waals surface area (Å²) in [5.41, 5.74) is 6.37. The first-order chi connectivity index (χ1) is 16.5. The lowest BCUT2D eigenvalue weighted by Gasteiger charge is -2.10. The molecule has 0 atom stereocenters. The molecule has 170 valence electrons. The van der Waals surface area contributed by atoms with Crippen LogP contribution in [0.5, 0.6) is 0 Å². The lowest BCUT2D eigenvalue weighted by molar-refractivity contribution is 0.0846. The van der Waals surface area contributed by atoms with Crippen molar-refractivity contribution in [1.82, 2.24) is 30.4 Å². The van der Waals surface area contributed by atoms with E-state index in [2.05, 4.69) is 21.0 Å². The summed E-state index contributed by atoms with van der Waals surface area (Å²) in [7, 11) is 0. The molecule has 5 rings (SSSR count). The van der Waals surface area contributed by atoms with Crippen LogP contribution in [-0.2, 0) is 6.54 Å². The fraction of sp³-hybridized carbons (Fsp3) is 0.125. The number of hydrogen-bond acceptors (Lipinski definition) is 6. The zero-order chi connectivity index (χ0) is 23.8. The van der Waals surface area contributed by atoms with Crippen molar-refractivity contribution in [3.05, 3.63) is 87.3 Å². The van der Waals surface area contributed by atoms with Crippen LogP contribution in [0.15, 0.2) is 65.5 Å². The van der Waals surface area contributed by atoms with Crippen LogP contribution in [0.3, 0.4) is 0 Å². The Morgan fingerprint density at radius 1 is 0.912 bits per heavy atom. The van der Waals surface area contributed by atoms with Crippen LogP contribution in [0.4, 0.5) is 0 Å². The summed E-state index contributed by atoms with van der Waals surface area (Å²) in [6, 6.07) is 18.2. The standard InChI is InChI=1S/C24H20N6O3S/c1-3-29-23(33)17-12-8-7-11-16(17)20(28-29)22(32)26-25-21(31)19-13-18-14(2)27-30(24(18)34-19)15-9-5-4-6-10-15/h4-13H,3H2,1-2H3,(H,25,31)(H,26,32). The second-order valence-electron chi connectivity index (χ2n) is 7.59. The number of hydrogen-bond donors (Lipinski definition) is 2. The number of para-hydroxylation sites is 1. The van der Waals surface area contributed by atoms with Crippen LogP contribution in [-0.4, -0.2) is 31.4 Å². The highest BCUT2D eigenvalue weighted by molar-refractivity contribution is 7.20. The van der Waals surface area contributed by atoms with Gasteiger partial charge in [-0.25, -0.2) is 9.36 Å². The van der Waals surface area contributed by atoms with Crippen LogP contribution in [0.25, 0.3) is 26.7 Å². The SMILES string of the molecule is CCn1nc(C(=O)NNC(=O)c2cc3c(C)nn(-c4ccccc4)c3s2)c2ccccc2c1=O. The highest BCUT2D eigenvalue weighted by atomic mass is 32.1. The van der Waals surface area contributed by atoms with Crippen molar-refractivity contribution in [3.8, 4) is 5.69 Å². The molecule has 5 aromatic rings. The van der Waals surface area contributed by atoms with Crippen LogP contribution < -0.4 is 16.4 Å². The molecule has 34 heavy (non-hydrogen) atoms. The number of nitrogens with zero attached hydrogens (tertiary/aromatic N) is 4. The molecule has 3 heterocycles. The van der Waals surface area contributed by atoms with Gasteiger partial charge in [0, 0.05) is 17.3 Å². The number of carbonyl (C=O) groups is 2. The van der Waals surface area contributed by atoms with Gasteiger partial charge in [-0.15, -0.1) is 11.3 Å². The number of amides is 2. The van der Waals surface area contributed by atoms with E-state index >= 15 is 0 Å². The zero-order valence-electron chi connectivity index (χ0n) is 18.4. The minimum atomic E-state index is -0.612. The van der Waals surface area contributed by atoms with E-state index in [1.54, 1.807) is 41.9 Å². The van der Waals surface area contributed by atoms with Crippen molar-refractivity contribution in [2.75, 3.05) is 0 Å². The first-order valence-electron chi connectivity index (χ1n) is 10.6. The Morgan fingerprint density at radius 3 is 2.32 bits per heavy atom. The van der Waals surface area contributed by atoms with Crippen LogP contribution in [0.1, 0.15) is 32.8 Å². The molecule has 0 fully saturated rings. The number of benzene rings is 2. The van der Waals surface area contributed by atoms with Gasteiger partial charge in [-0.05, 0) is 38.1 Å². The Morgan fingerprint density at radius 2 is 1.59 bits per heavy atom. The monoisotopic (exact) mass is 472 g/mol. The van der Waals surface area contributed by atoms with Crippen molar-refractivity contribution in [2.24, 2.45) is 0 Å². The van der Waals surface area contributed by atoms with E-state index in [1.807, 2.05) is 37.3 Å². The smallest absolute Gasteiger partial charge is 0.267 e. The topological polar surface area (TPSA) is 111 Å². The minimum Gasteiger partial charge on any atom is -0.267 e. The van der Waals surface area contributed by atoms with Crippen molar-refractivity contribution < 1.29 is 9.59 Å². The molecule has 2 aromatic carbocycles. The van der Waals surface area contributed by atoms with Gasteiger partial charge in [-0.2, -0.15) is 10.2 Å². The summed E-state index contributed by atoms with van der Waals surface area (Å²) in [6.45, 7) is 3.97. The number of hydrazine groups is 1. The van der Waals surface area contributed by atoms with E-state index in [9.17, 15) is 14.4 Å². The summed E-state index contributed by atoms with van der Waals surface area (Å²) in [6.07, 6.45) is 0. The number of thiophene rings is 1. The normalized spacial score (nSPS) is 11.1. The zero-order valence-corrected chi connectivity index (χ0v) is 19.2. The molecule has 0 aliphatic carbocycles. The molecular weight excluding hydrogens is 452 g/mol. The van der Waals surface area contributed by atoms with Gasteiger partial charge in [0.2, 0.25) is 0 Å². The molecule has 0 radical (unpaired) electrons. The largest absolute Gasteiger partial charge is 0.290 e. The van der Waals surface area contributed by atoms with Gasteiger partial charge in [-0.1, -0.05) is 36.4 Å². The first-order valence-corrected chi connectivity index (χ1v) is 11.4. The van der Waals surface area contributed by atoms with E-state index in [0.717, 1.165) is 21.6 Å². The van der Waals surface area contributed by atoms with Crippen molar-refractivity contribution in [2.45, 2.75) is 20.4 Å². The fourth-order valence-electron chi connectivity index (χ4n) is 3.75. The van der Waals surface area contributed by atoms with Gasteiger partial charge >= 0.3 is 0 Å². The molecule has 10 heteroatoms. The van der Waals surface area contributed by atoms with Gasteiger partial charge in [-0.3, -0.25) is 25.2 Å². The van der Waals surface area contributed by atoms with E-state index in [4.69, 9.17) is 0 Å². The maximum atomic E-state index is 12.9. The molecule has 0 saturated carbocycles. The molecule has 0 bridgehead atoms. The van der Waals surface area contributed by atoms with Crippen molar-refractivity contribution in [1.29, 1.82) is 0 Å². The number of nitrogens with one attached hydrogen (secondary N) is 2. The van der Waals surface area contributed by atoms with Gasteiger partial charge < -0.3 is 0 Å². The van der Waals surface area contributed by atoms with Crippen LogP contribution in [0.2, 0.25) is 0 Å². The van der Waals surface area contributed by atoms with E-state index in [1.165, 1.54) is 16.0 Å². The fourth-order valence-corrected chi connectivity index (χ4v) is 4.83. The Kier molecular flexibility index (Phi) is 5.42. The molecule has 0 aliphatic rings. The third-order valence-corrected chi connectivity index (χ3v) is 6.55. The number of aryl methyl sites for hydroxylation is 2. The Balaban J connectivity index is 1.41. The highest BCUT2D eigenvalue weighted by Gasteiger charge is 2.20. The summed E-state index contributed by atoms with van der Waals surface area (Å²) in [5.74, 6) is -1.07. The third-order valence-electron chi connectivity index (χ3n) is 5.44. The van der Waals surface area contributed by atoms with Crippen LogP contribution >= 0.6 is 11.3 Å². The molecule has 9 nitrogen and oxygen atoms in total. The first kappa shape index (κ1) is 21.5. The van der Waals surface area contributed by atoms with Gasteiger partial charge in [0.25, 0.3) is 17.4 Å². The number of rotatable bonds is 4. The van der Waals surface area contributed by atoms with Crippen molar-refractivity contribution >= 4 is 44.1 Å². The number of carbonyl (C=O) groups excluding carboxylic acids is 2.